The molecule has 4 rings (SSSR count). The zero-order valence-corrected chi connectivity index (χ0v) is 18.4. The molecule has 34 heavy (non-hydrogen) atoms. The second kappa shape index (κ2) is 10.4. The second-order valence-electron chi connectivity index (χ2n) is 7.72. The van der Waals surface area contributed by atoms with Crippen molar-refractivity contribution in [1.29, 1.82) is 0 Å². The molecule has 2 radical (unpaired) electrons. The molecule has 3 aromatic carbocycles. The maximum Gasteiger partial charge on any atom is 0.201 e. The van der Waals surface area contributed by atoms with Gasteiger partial charge in [0.1, 0.15) is 7.85 Å². The molecule has 0 bridgehead atoms. The topological polar surface area (TPSA) is 27.7 Å². The average Bonchev–Trinajstić information content (AvgIpc) is 2.85. The Bertz CT molecular complexity index is 1190. The van der Waals surface area contributed by atoms with Gasteiger partial charge in [0, 0.05) is 23.6 Å². The minimum Gasteiger partial charge on any atom is -0.500 e. The predicted octanol–water partition coefficient (Wildman–Crippen LogP) is 6.11. The Morgan fingerprint density at radius 3 is 1.94 bits per heavy atom. The first-order chi connectivity index (χ1) is 16.4. The summed E-state index contributed by atoms with van der Waals surface area (Å²) in [6.45, 7) is 1.96. The summed E-state index contributed by atoms with van der Waals surface area (Å²) in [6.07, 6.45) is 3.04. The Balaban J connectivity index is 1.57. The van der Waals surface area contributed by atoms with Crippen molar-refractivity contribution in [1.82, 2.24) is 0 Å². The van der Waals surface area contributed by atoms with E-state index in [1.54, 1.807) is 12.2 Å². The van der Waals surface area contributed by atoms with Crippen molar-refractivity contribution in [3.63, 3.8) is 0 Å². The van der Waals surface area contributed by atoms with Crippen molar-refractivity contribution in [3.05, 3.63) is 89.5 Å². The third-order valence-electron chi connectivity index (χ3n) is 5.62. The van der Waals surface area contributed by atoms with Crippen LogP contribution in [-0.4, -0.2) is 33.9 Å². The fourth-order valence-corrected chi connectivity index (χ4v) is 3.85. The molecule has 1 aliphatic heterocycles. The van der Waals surface area contributed by atoms with Crippen LogP contribution < -0.4 is 4.74 Å². The second-order valence-corrected chi connectivity index (χ2v) is 7.72. The van der Waals surface area contributed by atoms with E-state index in [4.69, 9.17) is 22.1 Å². The van der Waals surface area contributed by atoms with E-state index in [-0.39, 0.29) is 42.2 Å². The van der Waals surface area contributed by atoms with Gasteiger partial charge in [-0.05, 0) is 41.8 Å². The molecular weight excluding hydrogens is 447 g/mol. The smallest absolute Gasteiger partial charge is 0.201 e. The first kappa shape index (κ1) is 24.0. The van der Waals surface area contributed by atoms with Crippen LogP contribution in [0.4, 0.5) is 17.6 Å². The van der Waals surface area contributed by atoms with Crippen molar-refractivity contribution in [2.75, 3.05) is 19.7 Å². The highest BCUT2D eigenvalue weighted by molar-refractivity contribution is 6.08. The summed E-state index contributed by atoms with van der Waals surface area (Å²) in [6, 6.07) is 11.7. The molecule has 1 fully saturated rings. The van der Waals surface area contributed by atoms with Gasteiger partial charge in [-0.25, -0.2) is 13.2 Å². The lowest BCUT2D eigenvalue weighted by Gasteiger charge is -2.28. The SMILES string of the molecule is [B]COc1ccc(-c2ccc(-c3ccc(C4COC(/C=C/C)OC4)c(F)c3F)cc2)c(F)c1F. The van der Waals surface area contributed by atoms with Crippen molar-refractivity contribution in [2.24, 2.45) is 0 Å². The van der Waals surface area contributed by atoms with Gasteiger partial charge in [-0.2, -0.15) is 4.39 Å². The van der Waals surface area contributed by atoms with E-state index in [1.807, 2.05) is 6.92 Å². The number of ether oxygens (including phenoxy) is 3. The van der Waals surface area contributed by atoms with Crippen LogP contribution in [0.5, 0.6) is 5.75 Å². The fraction of sp³-hybridized carbons (Fsp3) is 0.231. The van der Waals surface area contributed by atoms with Gasteiger partial charge in [-0.15, -0.1) is 0 Å². The molecule has 3 aromatic rings. The first-order valence-corrected chi connectivity index (χ1v) is 10.7. The minimum atomic E-state index is -1.15. The van der Waals surface area contributed by atoms with Crippen LogP contribution >= 0.6 is 0 Å². The van der Waals surface area contributed by atoms with Crippen LogP contribution in [-0.2, 0) is 9.47 Å². The molecule has 174 valence electrons. The maximum atomic E-state index is 15.0. The lowest BCUT2D eigenvalue weighted by molar-refractivity contribution is -0.159. The minimum absolute atomic E-state index is 0.00365. The lowest BCUT2D eigenvalue weighted by Crippen LogP contribution is -2.30. The molecule has 8 heteroatoms. The van der Waals surface area contributed by atoms with Crippen LogP contribution in [0.3, 0.4) is 0 Å². The lowest BCUT2D eigenvalue weighted by atomic mass is 9.94. The normalized spacial score (nSPS) is 18.4. The third kappa shape index (κ3) is 4.74. The highest BCUT2D eigenvalue weighted by Crippen LogP contribution is 2.34. The van der Waals surface area contributed by atoms with Crippen LogP contribution in [0, 0.1) is 23.3 Å². The number of hydrogen-bond acceptors (Lipinski definition) is 3. The highest BCUT2D eigenvalue weighted by Gasteiger charge is 2.27. The Kier molecular flexibility index (Phi) is 7.39. The molecule has 1 aliphatic rings. The van der Waals surface area contributed by atoms with Crippen LogP contribution in [0.2, 0.25) is 0 Å². The standard InChI is InChI=1S/C26H21BF4O3/c1-2-3-22-32-12-17(13-33-22)20-9-8-18(23(28)24(20)29)15-4-6-16(7-5-15)19-10-11-21(34-14-27)26(31)25(19)30/h2-11,17,22H,12-14H2,1H3/b3-2+. The van der Waals surface area contributed by atoms with E-state index in [9.17, 15) is 17.6 Å². The van der Waals surface area contributed by atoms with E-state index in [2.05, 4.69) is 0 Å². The van der Waals surface area contributed by atoms with Gasteiger partial charge in [-0.3, -0.25) is 0 Å². The number of rotatable bonds is 6. The molecule has 0 atom stereocenters. The molecule has 1 saturated heterocycles. The molecular formula is C26H21BF4O3. The van der Waals surface area contributed by atoms with Crippen molar-refractivity contribution >= 4 is 7.85 Å². The van der Waals surface area contributed by atoms with Gasteiger partial charge in [0.05, 0.1) is 13.2 Å². The number of halogens is 4. The molecule has 0 unspecified atom stereocenters. The van der Waals surface area contributed by atoms with E-state index < -0.39 is 35.5 Å². The van der Waals surface area contributed by atoms with Gasteiger partial charge in [0.15, 0.2) is 29.5 Å². The first-order valence-electron chi connectivity index (χ1n) is 10.7. The zero-order chi connectivity index (χ0) is 24.2. The molecule has 0 saturated carbocycles. The van der Waals surface area contributed by atoms with Gasteiger partial charge < -0.3 is 14.2 Å². The number of allylic oxidation sites excluding steroid dienone is 1. The van der Waals surface area contributed by atoms with E-state index in [0.717, 1.165) is 0 Å². The van der Waals surface area contributed by atoms with E-state index in [1.165, 1.54) is 48.5 Å². The Labute approximate surface area is 196 Å². The summed E-state index contributed by atoms with van der Waals surface area (Å²) in [4.78, 5) is 0. The molecule has 0 spiro atoms. The van der Waals surface area contributed by atoms with Crippen molar-refractivity contribution in [2.45, 2.75) is 19.1 Å². The van der Waals surface area contributed by atoms with Crippen LogP contribution in [0.15, 0.2) is 60.7 Å². The Morgan fingerprint density at radius 1 is 0.824 bits per heavy atom. The molecule has 0 aromatic heterocycles. The predicted molar refractivity (Wildman–Crippen MR) is 122 cm³/mol. The Hall–Kier alpha value is -3.10. The number of hydrogen-bond donors (Lipinski definition) is 0. The maximum absolute atomic E-state index is 15.0. The summed E-state index contributed by atoms with van der Waals surface area (Å²) >= 11 is 0. The van der Waals surface area contributed by atoms with Gasteiger partial charge >= 0.3 is 0 Å². The summed E-state index contributed by atoms with van der Waals surface area (Å²) in [5, 5.41) is 0. The molecule has 1 heterocycles. The van der Waals surface area contributed by atoms with E-state index in [0.29, 0.717) is 11.1 Å². The van der Waals surface area contributed by atoms with Gasteiger partial charge in [-0.1, -0.05) is 42.5 Å². The largest absolute Gasteiger partial charge is 0.500 e. The molecule has 3 nitrogen and oxygen atoms in total. The summed E-state index contributed by atoms with van der Waals surface area (Å²) in [5.74, 6) is -4.92. The van der Waals surface area contributed by atoms with E-state index >= 15 is 0 Å². The van der Waals surface area contributed by atoms with Crippen LogP contribution in [0.1, 0.15) is 18.4 Å². The van der Waals surface area contributed by atoms with Gasteiger partial charge in [0.25, 0.3) is 0 Å². The summed E-state index contributed by atoms with van der Waals surface area (Å²) < 4.78 is 74.4. The summed E-state index contributed by atoms with van der Waals surface area (Å²) in [5.41, 5.74) is 0.984. The molecule has 0 N–H and O–H groups in total. The third-order valence-corrected chi connectivity index (χ3v) is 5.62. The Morgan fingerprint density at radius 2 is 1.38 bits per heavy atom. The quantitative estimate of drug-likeness (QED) is 0.248. The monoisotopic (exact) mass is 468 g/mol. The molecule has 0 aliphatic carbocycles. The highest BCUT2D eigenvalue weighted by atomic mass is 19.2. The van der Waals surface area contributed by atoms with Crippen molar-refractivity contribution < 1.29 is 31.8 Å². The fourth-order valence-electron chi connectivity index (χ4n) is 3.85. The molecule has 0 amide bonds. The van der Waals surface area contributed by atoms with Gasteiger partial charge in [0.2, 0.25) is 5.82 Å². The number of benzene rings is 3. The van der Waals surface area contributed by atoms with Crippen molar-refractivity contribution in [3.8, 4) is 28.0 Å². The van der Waals surface area contributed by atoms with Crippen LogP contribution in [0.25, 0.3) is 22.3 Å². The zero-order valence-electron chi connectivity index (χ0n) is 18.4. The average molecular weight is 468 g/mol. The summed E-state index contributed by atoms with van der Waals surface area (Å²) in [7, 11) is 5.21.